The van der Waals surface area contributed by atoms with Crippen molar-refractivity contribution in [2.45, 2.75) is 32.2 Å². The summed E-state index contributed by atoms with van der Waals surface area (Å²) in [5.41, 5.74) is 15.0. The Morgan fingerprint density at radius 1 is 1.07 bits per heavy atom. The molecule has 0 aliphatic carbocycles. The number of primary amides is 1. The van der Waals surface area contributed by atoms with E-state index in [0.29, 0.717) is 12.8 Å². The SMILES string of the molecule is Cl.Cl.NC(=O)C1CCCN(Cc2ccc(NC(=O)CCc3ccccc3N)cc2)C1. The van der Waals surface area contributed by atoms with Gasteiger partial charge in [-0.25, -0.2) is 0 Å². The predicted octanol–water partition coefficient (Wildman–Crippen LogP) is 3.38. The van der Waals surface area contributed by atoms with Gasteiger partial charge in [-0.15, -0.1) is 24.8 Å². The van der Waals surface area contributed by atoms with Crippen molar-refractivity contribution in [3.63, 3.8) is 0 Å². The van der Waals surface area contributed by atoms with Crippen LogP contribution in [0.1, 0.15) is 30.4 Å². The summed E-state index contributed by atoms with van der Waals surface area (Å²) in [6.07, 6.45) is 2.88. The number of nitrogens with zero attached hydrogens (tertiary/aromatic N) is 1. The summed E-state index contributed by atoms with van der Waals surface area (Å²) in [5.74, 6) is -0.290. The second-order valence-corrected chi connectivity index (χ2v) is 7.42. The number of hydrogen-bond donors (Lipinski definition) is 3. The lowest BCUT2D eigenvalue weighted by Crippen LogP contribution is -2.40. The highest BCUT2D eigenvalue weighted by Gasteiger charge is 2.23. The number of nitrogens with two attached hydrogens (primary N) is 2. The highest BCUT2D eigenvalue weighted by Crippen LogP contribution is 2.19. The van der Waals surface area contributed by atoms with Crippen LogP contribution >= 0.6 is 24.8 Å². The van der Waals surface area contributed by atoms with Crippen LogP contribution < -0.4 is 16.8 Å². The van der Waals surface area contributed by atoms with Gasteiger partial charge in [-0.2, -0.15) is 0 Å². The number of para-hydroxylation sites is 1. The molecule has 0 saturated carbocycles. The average Bonchev–Trinajstić information content (AvgIpc) is 2.69. The number of halogens is 2. The summed E-state index contributed by atoms with van der Waals surface area (Å²) in [5, 5.41) is 2.93. The number of hydrogen-bond acceptors (Lipinski definition) is 4. The van der Waals surface area contributed by atoms with Gasteiger partial charge in [0.05, 0.1) is 5.92 Å². The first-order chi connectivity index (χ1) is 13.5. The molecule has 5 N–H and O–H groups in total. The van der Waals surface area contributed by atoms with Gasteiger partial charge in [-0.3, -0.25) is 14.5 Å². The first-order valence-corrected chi connectivity index (χ1v) is 9.75. The van der Waals surface area contributed by atoms with Crippen LogP contribution in [0.15, 0.2) is 48.5 Å². The van der Waals surface area contributed by atoms with Crippen LogP contribution in [0.25, 0.3) is 0 Å². The van der Waals surface area contributed by atoms with Crippen molar-refractivity contribution < 1.29 is 9.59 Å². The van der Waals surface area contributed by atoms with E-state index in [-0.39, 0.29) is 42.5 Å². The number of likely N-dealkylation sites (tertiary alicyclic amines) is 1. The van der Waals surface area contributed by atoms with Gasteiger partial charge >= 0.3 is 0 Å². The Kier molecular flexibility index (Phi) is 10.7. The van der Waals surface area contributed by atoms with Crippen molar-refractivity contribution >= 4 is 48.0 Å². The zero-order chi connectivity index (χ0) is 19.9. The van der Waals surface area contributed by atoms with Gasteiger partial charge in [0.25, 0.3) is 0 Å². The number of benzene rings is 2. The lowest BCUT2D eigenvalue weighted by atomic mass is 9.97. The molecule has 1 heterocycles. The summed E-state index contributed by atoms with van der Waals surface area (Å²) in [4.78, 5) is 25.9. The van der Waals surface area contributed by atoms with E-state index in [4.69, 9.17) is 11.5 Å². The monoisotopic (exact) mass is 452 g/mol. The Morgan fingerprint density at radius 3 is 2.43 bits per heavy atom. The van der Waals surface area contributed by atoms with Gasteiger partial charge in [0, 0.05) is 30.9 Å². The van der Waals surface area contributed by atoms with Crippen molar-refractivity contribution in [2.24, 2.45) is 11.7 Å². The number of piperidine rings is 1. The molecule has 3 rings (SSSR count). The summed E-state index contributed by atoms with van der Waals surface area (Å²) in [7, 11) is 0. The lowest BCUT2D eigenvalue weighted by Gasteiger charge is -2.31. The molecule has 0 radical (unpaired) electrons. The smallest absolute Gasteiger partial charge is 0.224 e. The molecule has 0 aromatic heterocycles. The number of carbonyl (C=O) groups is 2. The minimum atomic E-state index is -0.208. The first kappa shape index (κ1) is 25.8. The van der Waals surface area contributed by atoms with E-state index in [1.807, 2.05) is 48.5 Å². The highest BCUT2D eigenvalue weighted by atomic mass is 35.5. The molecule has 8 heteroatoms. The Morgan fingerprint density at radius 2 is 1.77 bits per heavy atom. The topological polar surface area (TPSA) is 101 Å². The largest absolute Gasteiger partial charge is 0.399 e. The molecular formula is C22H30Cl2N4O2. The molecule has 1 aliphatic heterocycles. The van der Waals surface area contributed by atoms with E-state index in [0.717, 1.165) is 55.0 Å². The van der Waals surface area contributed by atoms with Gasteiger partial charge in [-0.05, 0) is 55.1 Å². The van der Waals surface area contributed by atoms with E-state index in [1.165, 1.54) is 0 Å². The Balaban J connectivity index is 0.00000225. The number of rotatable bonds is 7. The molecule has 6 nitrogen and oxygen atoms in total. The Bertz CT molecular complexity index is 830. The van der Waals surface area contributed by atoms with Crippen LogP contribution in [-0.2, 0) is 22.6 Å². The summed E-state index contributed by atoms with van der Waals surface area (Å²) in [6, 6.07) is 15.5. The summed E-state index contributed by atoms with van der Waals surface area (Å²) in [6.45, 7) is 2.48. The fraction of sp³-hybridized carbons (Fsp3) is 0.364. The molecule has 2 amide bonds. The van der Waals surface area contributed by atoms with Crippen molar-refractivity contribution in [1.82, 2.24) is 4.90 Å². The minimum Gasteiger partial charge on any atom is -0.399 e. The quantitative estimate of drug-likeness (QED) is 0.560. The molecule has 1 unspecified atom stereocenters. The van der Waals surface area contributed by atoms with Gasteiger partial charge < -0.3 is 16.8 Å². The maximum atomic E-state index is 12.2. The van der Waals surface area contributed by atoms with Gasteiger partial charge in [-0.1, -0.05) is 30.3 Å². The molecule has 1 atom stereocenters. The number of anilines is 2. The number of amides is 2. The maximum Gasteiger partial charge on any atom is 0.224 e. The van der Waals surface area contributed by atoms with Crippen molar-refractivity contribution in [3.8, 4) is 0 Å². The minimum absolute atomic E-state index is 0. The van der Waals surface area contributed by atoms with E-state index in [1.54, 1.807) is 0 Å². The molecule has 30 heavy (non-hydrogen) atoms. The van der Waals surface area contributed by atoms with Crippen molar-refractivity contribution in [1.29, 1.82) is 0 Å². The predicted molar refractivity (Wildman–Crippen MR) is 126 cm³/mol. The summed E-state index contributed by atoms with van der Waals surface area (Å²) < 4.78 is 0. The number of nitrogens with one attached hydrogen (secondary N) is 1. The van der Waals surface area contributed by atoms with E-state index >= 15 is 0 Å². The molecule has 1 saturated heterocycles. The van der Waals surface area contributed by atoms with Crippen molar-refractivity contribution in [2.75, 3.05) is 24.1 Å². The molecular weight excluding hydrogens is 423 g/mol. The fourth-order valence-electron chi connectivity index (χ4n) is 3.62. The van der Waals surface area contributed by atoms with Crippen molar-refractivity contribution in [3.05, 3.63) is 59.7 Å². The van der Waals surface area contributed by atoms with Gasteiger partial charge in [0.1, 0.15) is 0 Å². The number of nitrogen functional groups attached to an aromatic ring is 1. The van der Waals surface area contributed by atoms with Crippen LogP contribution in [0.4, 0.5) is 11.4 Å². The van der Waals surface area contributed by atoms with Gasteiger partial charge in [0.2, 0.25) is 11.8 Å². The Labute approximate surface area is 190 Å². The maximum absolute atomic E-state index is 12.2. The normalized spacial score (nSPS) is 16.1. The van der Waals surface area contributed by atoms with Crippen LogP contribution in [-0.4, -0.2) is 29.8 Å². The van der Waals surface area contributed by atoms with E-state index in [2.05, 4.69) is 10.2 Å². The zero-order valence-corrected chi connectivity index (χ0v) is 18.5. The molecule has 2 aromatic rings. The van der Waals surface area contributed by atoms with Crippen LogP contribution in [0.2, 0.25) is 0 Å². The number of carbonyl (C=O) groups excluding carboxylic acids is 2. The van der Waals surface area contributed by atoms with Gasteiger partial charge in [0.15, 0.2) is 0 Å². The van der Waals surface area contributed by atoms with E-state index in [9.17, 15) is 9.59 Å². The van der Waals surface area contributed by atoms with Crippen LogP contribution in [0, 0.1) is 5.92 Å². The Hall–Kier alpha value is -2.28. The third kappa shape index (κ3) is 7.52. The van der Waals surface area contributed by atoms with Crippen LogP contribution in [0.3, 0.4) is 0 Å². The zero-order valence-electron chi connectivity index (χ0n) is 16.9. The molecule has 164 valence electrons. The second kappa shape index (κ2) is 12.4. The third-order valence-corrected chi connectivity index (χ3v) is 5.23. The molecule has 0 bridgehead atoms. The summed E-state index contributed by atoms with van der Waals surface area (Å²) >= 11 is 0. The molecule has 1 fully saturated rings. The molecule has 2 aromatic carbocycles. The molecule has 1 aliphatic rings. The number of aryl methyl sites for hydroxylation is 1. The highest BCUT2D eigenvalue weighted by molar-refractivity contribution is 5.90. The lowest BCUT2D eigenvalue weighted by molar-refractivity contribution is -0.123. The molecule has 0 spiro atoms. The fourth-order valence-corrected chi connectivity index (χ4v) is 3.62. The van der Waals surface area contributed by atoms with E-state index < -0.39 is 0 Å². The first-order valence-electron chi connectivity index (χ1n) is 9.75. The average molecular weight is 453 g/mol. The second-order valence-electron chi connectivity index (χ2n) is 7.42. The standard InChI is InChI=1S/C22H28N4O2.2ClH/c23-20-6-2-1-4-17(20)9-12-21(27)25-19-10-7-16(8-11-19)14-26-13-3-5-18(15-26)22(24)28;;/h1-2,4,6-8,10-11,18H,3,5,9,12-15,23H2,(H2,24,28)(H,25,27);2*1H. The third-order valence-electron chi connectivity index (χ3n) is 5.23. The van der Waals surface area contributed by atoms with Crippen LogP contribution in [0.5, 0.6) is 0 Å².